The Bertz CT molecular complexity index is 468. The molecule has 0 saturated carbocycles. The molecule has 24 heavy (non-hydrogen) atoms. The van der Waals surface area contributed by atoms with Gasteiger partial charge in [-0.1, -0.05) is 13.3 Å². The van der Waals surface area contributed by atoms with E-state index in [1.54, 1.807) is 7.05 Å². The first kappa shape index (κ1) is 21.2. The number of nitrogens with one attached hydrogen (secondary N) is 2. The number of nitrogens with zero attached hydrogens (tertiary/aromatic N) is 2. The highest BCUT2D eigenvalue weighted by Gasteiger charge is 2.19. The number of likely N-dealkylation sites (tertiary alicyclic amines) is 1. The van der Waals surface area contributed by atoms with Gasteiger partial charge in [0.1, 0.15) is 9.84 Å². The summed E-state index contributed by atoms with van der Waals surface area (Å²) in [5.74, 6) is 0.820. The lowest BCUT2D eigenvalue weighted by molar-refractivity contribution is 0.146. The number of hydrogen-bond acceptors (Lipinski definition) is 5. The van der Waals surface area contributed by atoms with E-state index in [0.717, 1.165) is 25.1 Å². The zero-order chi connectivity index (χ0) is 17.8. The van der Waals surface area contributed by atoms with Crippen LogP contribution in [0.25, 0.3) is 0 Å². The Morgan fingerprint density at radius 3 is 2.67 bits per heavy atom. The van der Waals surface area contributed by atoms with Gasteiger partial charge in [-0.05, 0) is 25.8 Å². The third-order valence-electron chi connectivity index (χ3n) is 4.27. The van der Waals surface area contributed by atoms with Crippen LogP contribution < -0.4 is 10.6 Å². The monoisotopic (exact) mass is 362 g/mol. The number of piperidine rings is 1. The van der Waals surface area contributed by atoms with E-state index in [4.69, 9.17) is 4.74 Å². The number of guanidine groups is 1. The molecule has 1 rings (SSSR count). The average molecular weight is 363 g/mol. The van der Waals surface area contributed by atoms with Crippen LogP contribution in [0.1, 0.15) is 32.6 Å². The van der Waals surface area contributed by atoms with E-state index in [1.165, 1.54) is 38.5 Å². The van der Waals surface area contributed by atoms with Crippen molar-refractivity contribution in [1.82, 2.24) is 15.5 Å². The molecule has 1 heterocycles. The molecule has 1 fully saturated rings. The van der Waals surface area contributed by atoms with Gasteiger partial charge in [0.15, 0.2) is 5.96 Å². The van der Waals surface area contributed by atoms with Crippen molar-refractivity contribution in [2.24, 2.45) is 4.99 Å². The quantitative estimate of drug-likeness (QED) is 0.334. The largest absolute Gasteiger partial charge is 0.379 e. The van der Waals surface area contributed by atoms with Gasteiger partial charge < -0.3 is 15.4 Å². The van der Waals surface area contributed by atoms with Crippen molar-refractivity contribution in [2.75, 3.05) is 58.4 Å². The Kier molecular flexibility index (Phi) is 10.3. The van der Waals surface area contributed by atoms with Crippen molar-refractivity contribution in [3.8, 4) is 0 Å². The Balaban J connectivity index is 2.12. The third kappa shape index (κ3) is 9.44. The van der Waals surface area contributed by atoms with Crippen molar-refractivity contribution in [3.63, 3.8) is 0 Å². The van der Waals surface area contributed by atoms with Crippen molar-refractivity contribution < 1.29 is 13.2 Å². The summed E-state index contributed by atoms with van der Waals surface area (Å²) < 4.78 is 27.3. The Hall–Kier alpha value is -0.860. The van der Waals surface area contributed by atoms with Crippen LogP contribution in [0.15, 0.2) is 4.99 Å². The molecule has 2 N–H and O–H groups in total. The van der Waals surface area contributed by atoms with E-state index in [2.05, 4.69) is 27.4 Å². The molecular weight excluding hydrogens is 328 g/mol. The molecule has 0 amide bonds. The topological polar surface area (TPSA) is 83.0 Å². The summed E-state index contributed by atoms with van der Waals surface area (Å²) in [5, 5.41) is 6.50. The van der Waals surface area contributed by atoms with E-state index < -0.39 is 9.84 Å². The maximum atomic E-state index is 11.0. The average Bonchev–Trinajstić information content (AvgIpc) is 2.55. The molecule has 1 aliphatic rings. The normalized spacial score (nSPS) is 20.1. The molecule has 0 spiro atoms. The van der Waals surface area contributed by atoms with Crippen molar-refractivity contribution >= 4 is 15.8 Å². The first-order valence-electron chi connectivity index (χ1n) is 8.90. The van der Waals surface area contributed by atoms with E-state index in [9.17, 15) is 8.42 Å². The number of hydrogen-bond donors (Lipinski definition) is 2. The molecule has 0 bridgehead atoms. The van der Waals surface area contributed by atoms with Gasteiger partial charge in [-0.15, -0.1) is 0 Å². The van der Waals surface area contributed by atoms with Crippen LogP contribution in [0, 0.1) is 0 Å². The second-order valence-corrected chi connectivity index (χ2v) is 8.52. The molecule has 0 aromatic heterocycles. The van der Waals surface area contributed by atoms with Crippen LogP contribution in [0.5, 0.6) is 0 Å². The molecule has 1 atom stereocenters. The van der Waals surface area contributed by atoms with Crippen molar-refractivity contribution in [1.29, 1.82) is 0 Å². The predicted octanol–water partition coefficient (Wildman–Crippen LogP) is 0.477. The predicted molar refractivity (Wildman–Crippen MR) is 99.4 cm³/mol. The Morgan fingerprint density at radius 2 is 2.00 bits per heavy atom. The molecule has 0 radical (unpaired) electrons. The fourth-order valence-electron chi connectivity index (χ4n) is 2.91. The minimum Gasteiger partial charge on any atom is -0.379 e. The number of sulfone groups is 1. The molecule has 0 aromatic carbocycles. The maximum Gasteiger partial charge on any atom is 0.191 e. The van der Waals surface area contributed by atoms with Crippen molar-refractivity contribution in [2.45, 2.75) is 38.6 Å². The van der Waals surface area contributed by atoms with E-state index in [1.807, 2.05) is 0 Å². The van der Waals surface area contributed by atoms with Gasteiger partial charge in [0.05, 0.1) is 19.0 Å². The minimum absolute atomic E-state index is 0.0639. The second-order valence-electron chi connectivity index (χ2n) is 6.26. The highest BCUT2D eigenvalue weighted by Crippen LogP contribution is 2.18. The molecular formula is C16H34N4O3S. The lowest BCUT2D eigenvalue weighted by Gasteiger charge is -2.35. The molecule has 8 heteroatoms. The van der Waals surface area contributed by atoms with Crippen LogP contribution in [-0.2, 0) is 14.6 Å². The fraction of sp³-hybridized carbons (Fsp3) is 0.938. The van der Waals surface area contributed by atoms with Gasteiger partial charge in [0.25, 0.3) is 0 Å². The summed E-state index contributed by atoms with van der Waals surface area (Å²) in [7, 11) is -1.20. The van der Waals surface area contributed by atoms with Crippen molar-refractivity contribution in [3.05, 3.63) is 0 Å². The highest BCUT2D eigenvalue weighted by atomic mass is 32.2. The van der Waals surface area contributed by atoms with Crippen LogP contribution in [0.4, 0.5) is 0 Å². The summed E-state index contributed by atoms with van der Waals surface area (Å²) in [4.78, 5) is 6.76. The van der Waals surface area contributed by atoms with Gasteiger partial charge in [-0.3, -0.25) is 9.89 Å². The summed E-state index contributed by atoms with van der Waals surface area (Å²) in [5.41, 5.74) is 0. The van der Waals surface area contributed by atoms with Crippen LogP contribution in [-0.4, -0.2) is 83.8 Å². The summed E-state index contributed by atoms with van der Waals surface area (Å²) in [6.07, 6.45) is 6.40. The van der Waals surface area contributed by atoms with Gasteiger partial charge in [0.2, 0.25) is 0 Å². The minimum atomic E-state index is -2.95. The van der Waals surface area contributed by atoms with Crippen LogP contribution in [0.3, 0.4) is 0 Å². The maximum absolute atomic E-state index is 11.0. The first-order valence-corrected chi connectivity index (χ1v) is 11.0. The molecule has 0 aromatic rings. The van der Waals surface area contributed by atoms with Gasteiger partial charge in [-0.25, -0.2) is 8.42 Å². The highest BCUT2D eigenvalue weighted by molar-refractivity contribution is 7.90. The third-order valence-corrected chi connectivity index (χ3v) is 5.18. The van der Waals surface area contributed by atoms with Gasteiger partial charge in [-0.2, -0.15) is 0 Å². The number of aliphatic imine (C=N–C) groups is 1. The number of ether oxygens (including phenoxy) is 1. The molecule has 1 unspecified atom stereocenters. The van der Waals surface area contributed by atoms with Crippen LogP contribution >= 0.6 is 0 Å². The summed E-state index contributed by atoms with van der Waals surface area (Å²) in [6.45, 7) is 6.65. The molecule has 1 aliphatic heterocycles. The Morgan fingerprint density at radius 1 is 1.25 bits per heavy atom. The zero-order valence-corrected chi connectivity index (χ0v) is 16.2. The number of rotatable bonds is 10. The Labute approximate surface area is 147 Å². The molecule has 0 aliphatic carbocycles. The molecule has 7 nitrogen and oxygen atoms in total. The standard InChI is InChI=1S/C16H34N4O3S/c1-4-15-7-5-6-10-20(15)11-8-18-16(17-2)19-9-12-23-13-14-24(3,21)22/h15H,4-14H2,1-3H3,(H2,17,18,19). The summed E-state index contributed by atoms with van der Waals surface area (Å²) in [6, 6.07) is 0.721. The summed E-state index contributed by atoms with van der Waals surface area (Å²) >= 11 is 0. The smallest absolute Gasteiger partial charge is 0.191 e. The fourth-order valence-corrected chi connectivity index (χ4v) is 3.33. The van der Waals surface area contributed by atoms with Crippen LogP contribution in [0.2, 0.25) is 0 Å². The van der Waals surface area contributed by atoms with E-state index in [0.29, 0.717) is 13.2 Å². The second kappa shape index (κ2) is 11.7. The molecule has 142 valence electrons. The lowest BCUT2D eigenvalue weighted by Crippen LogP contribution is -2.46. The SMILES string of the molecule is CCC1CCCCN1CCNC(=NC)NCCOCCS(C)(=O)=O. The first-order chi connectivity index (χ1) is 11.5. The van der Waals surface area contributed by atoms with Gasteiger partial charge in [0, 0.05) is 39.0 Å². The van der Waals surface area contributed by atoms with E-state index in [-0.39, 0.29) is 12.4 Å². The van der Waals surface area contributed by atoms with E-state index >= 15 is 0 Å². The zero-order valence-electron chi connectivity index (χ0n) is 15.4. The van der Waals surface area contributed by atoms with Gasteiger partial charge >= 0.3 is 0 Å². The lowest BCUT2D eigenvalue weighted by atomic mass is 10.0. The molecule has 1 saturated heterocycles.